The van der Waals surface area contributed by atoms with Crippen molar-refractivity contribution in [3.8, 4) is 0 Å². The van der Waals surface area contributed by atoms with Gasteiger partial charge in [0.25, 0.3) is 0 Å². The molecule has 1 unspecified atom stereocenters. The zero-order chi connectivity index (χ0) is 11.1. The van der Waals surface area contributed by atoms with Crippen LogP contribution in [0.3, 0.4) is 0 Å². The van der Waals surface area contributed by atoms with Gasteiger partial charge >= 0.3 is 0 Å². The molecule has 16 heavy (non-hydrogen) atoms. The van der Waals surface area contributed by atoms with Gasteiger partial charge in [-0.3, -0.25) is 0 Å². The first kappa shape index (κ1) is 9.65. The zero-order valence-electron chi connectivity index (χ0n) is 9.43. The van der Waals surface area contributed by atoms with E-state index in [9.17, 15) is 0 Å². The first-order chi connectivity index (χ1) is 7.75. The summed E-state index contributed by atoms with van der Waals surface area (Å²) >= 11 is 0. The van der Waals surface area contributed by atoms with Crippen LogP contribution in [-0.4, -0.2) is 38.1 Å². The third kappa shape index (κ3) is 1.37. The van der Waals surface area contributed by atoms with Gasteiger partial charge in [0.2, 0.25) is 0 Å². The number of fused-ring (bicyclic) bond motifs is 1. The van der Waals surface area contributed by atoms with Crippen LogP contribution in [0.5, 0.6) is 0 Å². The van der Waals surface area contributed by atoms with Gasteiger partial charge in [0.05, 0.1) is 5.69 Å². The molecule has 6 heteroatoms. The molecule has 0 spiro atoms. The van der Waals surface area contributed by atoms with Crippen LogP contribution in [0.2, 0.25) is 0 Å². The number of aryl methyl sites for hydroxylation is 2. The van der Waals surface area contributed by atoms with Crippen molar-refractivity contribution in [1.29, 1.82) is 0 Å². The van der Waals surface area contributed by atoms with Gasteiger partial charge in [0.15, 0.2) is 5.65 Å². The second-order valence-electron chi connectivity index (χ2n) is 4.23. The summed E-state index contributed by atoms with van der Waals surface area (Å²) in [5.41, 5.74) is 2.73. The molecule has 2 aromatic rings. The molecular weight excluding hydrogens is 204 g/mol. The molecule has 0 aromatic carbocycles. The fourth-order valence-corrected chi connectivity index (χ4v) is 2.21. The maximum absolute atomic E-state index is 4.52. The van der Waals surface area contributed by atoms with E-state index in [1.54, 1.807) is 4.68 Å². The van der Waals surface area contributed by atoms with E-state index in [4.69, 9.17) is 0 Å². The van der Waals surface area contributed by atoms with Crippen molar-refractivity contribution < 1.29 is 0 Å². The van der Waals surface area contributed by atoms with E-state index in [-0.39, 0.29) is 0 Å². The Morgan fingerprint density at radius 1 is 1.38 bits per heavy atom. The topological polar surface area (TPSA) is 68.5 Å². The van der Waals surface area contributed by atoms with Crippen LogP contribution < -0.4 is 5.32 Å². The SMILES string of the molecule is Cc1nnc2c(n1)c(C1CCNC1)nn2C. The molecule has 3 heterocycles. The average Bonchev–Trinajstić information content (AvgIpc) is 2.86. The molecule has 1 saturated heterocycles. The Labute approximate surface area is 93.1 Å². The summed E-state index contributed by atoms with van der Waals surface area (Å²) < 4.78 is 1.77. The predicted molar refractivity (Wildman–Crippen MR) is 59.1 cm³/mol. The normalized spacial score (nSPS) is 20.8. The highest BCUT2D eigenvalue weighted by atomic mass is 15.3. The van der Waals surface area contributed by atoms with Crippen molar-refractivity contribution in [2.24, 2.45) is 7.05 Å². The van der Waals surface area contributed by atoms with Gasteiger partial charge in [-0.05, 0) is 19.9 Å². The molecule has 0 saturated carbocycles. The molecule has 0 radical (unpaired) electrons. The van der Waals surface area contributed by atoms with Crippen LogP contribution in [0.1, 0.15) is 23.9 Å². The summed E-state index contributed by atoms with van der Waals surface area (Å²) in [4.78, 5) is 4.46. The van der Waals surface area contributed by atoms with E-state index in [1.807, 2.05) is 14.0 Å². The smallest absolute Gasteiger partial charge is 0.199 e. The monoisotopic (exact) mass is 218 g/mol. The fourth-order valence-electron chi connectivity index (χ4n) is 2.21. The molecule has 0 aliphatic carbocycles. The van der Waals surface area contributed by atoms with Gasteiger partial charge in [0, 0.05) is 19.5 Å². The second-order valence-corrected chi connectivity index (χ2v) is 4.23. The van der Waals surface area contributed by atoms with Gasteiger partial charge < -0.3 is 5.32 Å². The van der Waals surface area contributed by atoms with Crippen molar-refractivity contribution in [2.75, 3.05) is 13.1 Å². The molecule has 1 atom stereocenters. The van der Waals surface area contributed by atoms with Crippen LogP contribution in [0.15, 0.2) is 0 Å². The third-order valence-electron chi connectivity index (χ3n) is 3.03. The number of hydrogen-bond donors (Lipinski definition) is 1. The van der Waals surface area contributed by atoms with Crippen LogP contribution in [0, 0.1) is 6.92 Å². The number of nitrogens with one attached hydrogen (secondary N) is 1. The lowest BCUT2D eigenvalue weighted by atomic mass is 10.0. The van der Waals surface area contributed by atoms with Gasteiger partial charge in [-0.2, -0.15) is 5.10 Å². The molecular formula is C10H14N6. The number of rotatable bonds is 1. The fraction of sp³-hybridized carbons (Fsp3) is 0.600. The summed E-state index contributed by atoms with van der Waals surface area (Å²) in [6, 6.07) is 0. The van der Waals surface area contributed by atoms with E-state index < -0.39 is 0 Å². The molecule has 1 aliphatic heterocycles. The van der Waals surface area contributed by atoms with E-state index in [0.29, 0.717) is 11.7 Å². The number of aromatic nitrogens is 5. The maximum Gasteiger partial charge on any atom is 0.199 e. The maximum atomic E-state index is 4.52. The highest BCUT2D eigenvalue weighted by Gasteiger charge is 2.24. The first-order valence-corrected chi connectivity index (χ1v) is 5.50. The summed E-state index contributed by atoms with van der Waals surface area (Å²) in [6.45, 7) is 3.89. The van der Waals surface area contributed by atoms with Crippen LogP contribution in [-0.2, 0) is 7.05 Å². The van der Waals surface area contributed by atoms with Crippen molar-refractivity contribution in [3.63, 3.8) is 0 Å². The van der Waals surface area contributed by atoms with Crippen LogP contribution in [0.4, 0.5) is 0 Å². The lowest BCUT2D eigenvalue weighted by molar-refractivity contribution is 0.686. The Morgan fingerprint density at radius 2 is 2.25 bits per heavy atom. The average molecular weight is 218 g/mol. The molecule has 84 valence electrons. The van der Waals surface area contributed by atoms with Crippen LogP contribution in [0.25, 0.3) is 11.2 Å². The molecule has 0 amide bonds. The van der Waals surface area contributed by atoms with Crippen molar-refractivity contribution >= 4 is 11.2 Å². The highest BCUT2D eigenvalue weighted by Crippen LogP contribution is 2.26. The Bertz CT molecular complexity index is 525. The minimum atomic E-state index is 0.458. The minimum absolute atomic E-state index is 0.458. The largest absolute Gasteiger partial charge is 0.316 e. The van der Waals surface area contributed by atoms with E-state index in [2.05, 4.69) is 25.6 Å². The van der Waals surface area contributed by atoms with Crippen molar-refractivity contribution in [2.45, 2.75) is 19.3 Å². The second kappa shape index (κ2) is 3.48. The Hall–Kier alpha value is -1.56. The minimum Gasteiger partial charge on any atom is -0.316 e. The summed E-state index contributed by atoms with van der Waals surface area (Å²) in [5, 5.41) is 16.0. The van der Waals surface area contributed by atoms with Gasteiger partial charge in [-0.1, -0.05) is 0 Å². The lowest BCUT2D eigenvalue weighted by Gasteiger charge is -2.03. The molecule has 1 N–H and O–H groups in total. The first-order valence-electron chi connectivity index (χ1n) is 5.50. The van der Waals surface area contributed by atoms with E-state index in [1.165, 1.54) is 0 Å². The molecule has 6 nitrogen and oxygen atoms in total. The van der Waals surface area contributed by atoms with Gasteiger partial charge in [0.1, 0.15) is 11.3 Å². The van der Waals surface area contributed by atoms with E-state index in [0.717, 1.165) is 36.4 Å². The van der Waals surface area contributed by atoms with Crippen molar-refractivity contribution in [1.82, 2.24) is 30.3 Å². The van der Waals surface area contributed by atoms with E-state index >= 15 is 0 Å². The van der Waals surface area contributed by atoms with Crippen LogP contribution >= 0.6 is 0 Å². The zero-order valence-corrected chi connectivity index (χ0v) is 9.43. The Morgan fingerprint density at radius 3 is 3.00 bits per heavy atom. The van der Waals surface area contributed by atoms with Gasteiger partial charge in [-0.15, -0.1) is 10.2 Å². The Kier molecular flexibility index (Phi) is 2.10. The lowest BCUT2D eigenvalue weighted by Crippen LogP contribution is -2.08. The number of nitrogens with zero attached hydrogens (tertiary/aromatic N) is 5. The highest BCUT2D eigenvalue weighted by molar-refractivity contribution is 5.73. The molecule has 3 rings (SSSR count). The molecule has 1 fully saturated rings. The third-order valence-corrected chi connectivity index (χ3v) is 3.03. The summed E-state index contributed by atoms with van der Waals surface area (Å²) in [5.74, 6) is 1.16. The molecule has 1 aliphatic rings. The Balaban J connectivity index is 2.19. The van der Waals surface area contributed by atoms with Gasteiger partial charge in [-0.25, -0.2) is 9.67 Å². The predicted octanol–water partition coefficient (Wildman–Crippen LogP) is 0.144. The standard InChI is InChI=1S/C10H14N6/c1-6-12-9-8(7-3-4-11-5-7)15-16(2)10(9)14-13-6/h7,11H,3-5H2,1-2H3. The summed E-state index contributed by atoms with van der Waals surface area (Å²) in [6.07, 6.45) is 1.12. The molecule has 0 bridgehead atoms. The quantitative estimate of drug-likeness (QED) is 0.737. The number of hydrogen-bond acceptors (Lipinski definition) is 5. The summed E-state index contributed by atoms with van der Waals surface area (Å²) in [7, 11) is 1.89. The van der Waals surface area contributed by atoms with Crippen molar-refractivity contribution in [3.05, 3.63) is 11.5 Å². The molecule has 2 aromatic heterocycles.